The van der Waals surface area contributed by atoms with E-state index in [9.17, 15) is 4.79 Å². The number of amides is 1. The zero-order valence-electron chi connectivity index (χ0n) is 14.3. The van der Waals surface area contributed by atoms with Gasteiger partial charge in [0, 0.05) is 19.1 Å². The average molecular weight is 328 g/mol. The third kappa shape index (κ3) is 3.41. The van der Waals surface area contributed by atoms with Gasteiger partial charge in [-0.2, -0.15) is 0 Å². The molecule has 2 aliphatic heterocycles. The van der Waals surface area contributed by atoms with Crippen LogP contribution in [0.5, 0.6) is 0 Å². The Balaban J connectivity index is 1.34. The van der Waals surface area contributed by atoms with Crippen molar-refractivity contribution < 1.29 is 4.79 Å². The molecule has 1 aliphatic carbocycles. The Labute approximate surface area is 144 Å². The van der Waals surface area contributed by atoms with Crippen LogP contribution >= 0.6 is 0 Å². The van der Waals surface area contributed by atoms with E-state index in [0.717, 1.165) is 25.2 Å². The third-order valence-electron chi connectivity index (χ3n) is 5.90. The molecule has 3 heterocycles. The second-order valence-electron chi connectivity index (χ2n) is 7.54. The Morgan fingerprint density at radius 2 is 1.96 bits per heavy atom. The summed E-state index contributed by atoms with van der Waals surface area (Å²) in [6.07, 6.45) is 11.8. The summed E-state index contributed by atoms with van der Waals surface area (Å²) in [5.41, 5.74) is 1.16. The van der Waals surface area contributed by atoms with Gasteiger partial charge in [-0.25, -0.2) is 4.98 Å². The van der Waals surface area contributed by atoms with Crippen LogP contribution in [0.3, 0.4) is 0 Å². The number of carbonyl (C=O) groups excluding carboxylic acids is 1. The van der Waals surface area contributed by atoms with Gasteiger partial charge in [-0.1, -0.05) is 12.8 Å². The van der Waals surface area contributed by atoms with Crippen molar-refractivity contribution in [3.63, 3.8) is 0 Å². The fourth-order valence-electron chi connectivity index (χ4n) is 4.53. The van der Waals surface area contributed by atoms with E-state index >= 15 is 0 Å². The van der Waals surface area contributed by atoms with E-state index in [2.05, 4.69) is 26.6 Å². The molecular weight excluding hydrogens is 300 g/mol. The molecule has 24 heavy (non-hydrogen) atoms. The normalized spacial score (nSPS) is 30.0. The summed E-state index contributed by atoms with van der Waals surface area (Å²) in [6.45, 7) is 2.23. The summed E-state index contributed by atoms with van der Waals surface area (Å²) in [7, 11) is 0. The molecule has 0 aromatic carbocycles. The van der Waals surface area contributed by atoms with E-state index in [0.29, 0.717) is 17.8 Å². The minimum Gasteiger partial charge on any atom is -0.370 e. The maximum Gasteiger partial charge on any atom is 0.242 e. The predicted octanol–water partition coefficient (Wildman–Crippen LogP) is 2.93. The molecule has 3 unspecified atom stereocenters. The van der Waals surface area contributed by atoms with Gasteiger partial charge in [0.25, 0.3) is 0 Å². The van der Waals surface area contributed by atoms with E-state index in [1.807, 2.05) is 12.3 Å². The first-order valence-electron chi connectivity index (χ1n) is 9.57. The monoisotopic (exact) mass is 328 g/mol. The highest BCUT2D eigenvalue weighted by molar-refractivity contribution is 5.94. The van der Waals surface area contributed by atoms with Crippen molar-refractivity contribution in [1.29, 1.82) is 0 Å². The van der Waals surface area contributed by atoms with Crippen LogP contribution in [0, 0.1) is 5.92 Å². The van der Waals surface area contributed by atoms with E-state index in [-0.39, 0.29) is 11.9 Å². The summed E-state index contributed by atoms with van der Waals surface area (Å²) in [5.74, 6) is 1.42. The second-order valence-corrected chi connectivity index (χ2v) is 7.54. The number of piperidine rings is 1. The van der Waals surface area contributed by atoms with Gasteiger partial charge in [0.15, 0.2) is 0 Å². The molecule has 3 fully saturated rings. The molecule has 1 amide bonds. The largest absolute Gasteiger partial charge is 0.370 e. The molecule has 2 saturated heterocycles. The highest BCUT2D eigenvalue weighted by atomic mass is 16.2. The van der Waals surface area contributed by atoms with Gasteiger partial charge in [-0.05, 0) is 56.6 Å². The van der Waals surface area contributed by atoms with Crippen LogP contribution in [0.15, 0.2) is 18.3 Å². The zero-order chi connectivity index (χ0) is 16.4. The number of hydrogen-bond acceptors (Lipinski definition) is 4. The first kappa shape index (κ1) is 15.9. The van der Waals surface area contributed by atoms with Crippen LogP contribution in [0.2, 0.25) is 0 Å². The maximum atomic E-state index is 12.5. The number of pyridine rings is 1. The van der Waals surface area contributed by atoms with Gasteiger partial charge < -0.3 is 15.5 Å². The summed E-state index contributed by atoms with van der Waals surface area (Å²) in [5, 5.41) is 6.52. The van der Waals surface area contributed by atoms with Gasteiger partial charge in [0.1, 0.15) is 5.82 Å². The molecule has 130 valence electrons. The molecule has 5 nitrogen and oxygen atoms in total. The van der Waals surface area contributed by atoms with Crippen molar-refractivity contribution in [2.45, 2.75) is 63.5 Å². The molecule has 4 rings (SSSR count). The first-order valence-corrected chi connectivity index (χ1v) is 9.57. The van der Waals surface area contributed by atoms with Gasteiger partial charge in [-0.15, -0.1) is 0 Å². The number of nitrogens with zero attached hydrogens (tertiary/aromatic N) is 2. The van der Waals surface area contributed by atoms with Gasteiger partial charge in [-0.3, -0.25) is 4.79 Å². The topological polar surface area (TPSA) is 57.3 Å². The highest BCUT2D eigenvalue weighted by Crippen LogP contribution is 2.33. The van der Waals surface area contributed by atoms with Crippen LogP contribution < -0.4 is 15.5 Å². The average Bonchev–Trinajstić information content (AvgIpc) is 3.07. The number of fused-ring (bicyclic) bond motifs is 1. The van der Waals surface area contributed by atoms with E-state index in [1.54, 1.807) is 0 Å². The Morgan fingerprint density at radius 1 is 1.12 bits per heavy atom. The van der Waals surface area contributed by atoms with Crippen molar-refractivity contribution in [2.75, 3.05) is 23.3 Å². The lowest BCUT2D eigenvalue weighted by molar-refractivity contribution is -0.117. The molecular formula is C19H28N4O. The van der Waals surface area contributed by atoms with Crippen molar-refractivity contribution in [3.05, 3.63) is 18.3 Å². The van der Waals surface area contributed by atoms with Gasteiger partial charge in [0.2, 0.25) is 5.91 Å². The van der Waals surface area contributed by atoms with Crippen molar-refractivity contribution in [3.8, 4) is 0 Å². The Kier molecular flexibility index (Phi) is 4.69. The molecule has 0 spiro atoms. The molecule has 5 heteroatoms. The zero-order valence-corrected chi connectivity index (χ0v) is 14.3. The number of nitrogens with one attached hydrogen (secondary N) is 2. The second kappa shape index (κ2) is 7.09. The molecule has 0 radical (unpaired) electrons. The number of hydrogen-bond donors (Lipinski definition) is 2. The molecule has 2 N–H and O–H groups in total. The van der Waals surface area contributed by atoms with Crippen LogP contribution in [-0.4, -0.2) is 36.1 Å². The summed E-state index contributed by atoms with van der Waals surface area (Å²) >= 11 is 0. The molecule has 1 aromatic rings. The van der Waals surface area contributed by atoms with Crippen LogP contribution in [-0.2, 0) is 4.79 Å². The summed E-state index contributed by atoms with van der Waals surface area (Å²) in [4.78, 5) is 19.4. The molecule has 1 saturated carbocycles. The highest BCUT2D eigenvalue weighted by Gasteiger charge is 2.38. The summed E-state index contributed by atoms with van der Waals surface area (Å²) in [6, 6.07) is 4.50. The lowest BCUT2D eigenvalue weighted by Crippen LogP contribution is -2.40. The number of anilines is 2. The molecule has 0 bridgehead atoms. The van der Waals surface area contributed by atoms with Crippen LogP contribution in [0.4, 0.5) is 11.5 Å². The Morgan fingerprint density at radius 3 is 2.71 bits per heavy atom. The lowest BCUT2D eigenvalue weighted by atomic mass is 9.85. The van der Waals surface area contributed by atoms with Crippen LogP contribution in [0.25, 0.3) is 0 Å². The predicted molar refractivity (Wildman–Crippen MR) is 96.2 cm³/mol. The van der Waals surface area contributed by atoms with Crippen molar-refractivity contribution in [1.82, 2.24) is 10.3 Å². The Hall–Kier alpha value is -1.62. The SMILES string of the molecule is O=C(Nc1ccc(N2CCCCC2)cn1)C1CC2CCCCC2N1. The number of rotatable bonds is 3. The standard InChI is InChI=1S/C19H28N4O/c24-19(17-12-14-6-2-3-7-16(14)21-17)22-18-9-8-15(13-20-18)23-10-4-1-5-11-23/h8-9,13-14,16-17,21H,1-7,10-12H2,(H,20,22,24). The minimum absolute atomic E-state index is 0.0540. The van der Waals surface area contributed by atoms with E-state index < -0.39 is 0 Å². The quantitative estimate of drug-likeness (QED) is 0.896. The Bertz CT molecular complexity index is 553. The summed E-state index contributed by atoms with van der Waals surface area (Å²) < 4.78 is 0. The molecule has 3 aliphatic rings. The minimum atomic E-state index is -0.0540. The van der Waals surface area contributed by atoms with E-state index in [4.69, 9.17) is 0 Å². The fourth-order valence-corrected chi connectivity index (χ4v) is 4.53. The smallest absolute Gasteiger partial charge is 0.242 e. The molecule has 3 atom stereocenters. The number of carbonyl (C=O) groups is 1. The van der Waals surface area contributed by atoms with Gasteiger partial charge >= 0.3 is 0 Å². The van der Waals surface area contributed by atoms with E-state index in [1.165, 1.54) is 44.9 Å². The van der Waals surface area contributed by atoms with Crippen LogP contribution in [0.1, 0.15) is 51.4 Å². The van der Waals surface area contributed by atoms with Crippen molar-refractivity contribution >= 4 is 17.4 Å². The number of aromatic nitrogens is 1. The lowest BCUT2D eigenvalue weighted by Gasteiger charge is -2.28. The fraction of sp³-hybridized carbons (Fsp3) is 0.684. The third-order valence-corrected chi connectivity index (χ3v) is 5.90. The first-order chi connectivity index (χ1) is 11.8. The maximum absolute atomic E-state index is 12.5. The molecule has 1 aromatic heterocycles. The van der Waals surface area contributed by atoms with Crippen molar-refractivity contribution in [2.24, 2.45) is 5.92 Å². The van der Waals surface area contributed by atoms with Gasteiger partial charge in [0.05, 0.1) is 17.9 Å².